The standard InChI is InChI=1S/C20H18BrF3N2O4S/c1-12(27)26-7-5-13-9-16(21)18(11-17(13)26)31(29,30)8-6-19(28)25-15-4-2-3-14(10-15)20(22,23)24/h2-4,9-11H,5-8H2,1H3,(H,25,28). The van der Waals surface area contributed by atoms with Crippen LogP contribution in [0.1, 0.15) is 24.5 Å². The molecule has 1 aliphatic rings. The van der Waals surface area contributed by atoms with Crippen molar-refractivity contribution in [1.82, 2.24) is 0 Å². The van der Waals surface area contributed by atoms with Gasteiger partial charge in [-0.3, -0.25) is 9.59 Å². The van der Waals surface area contributed by atoms with E-state index in [2.05, 4.69) is 21.2 Å². The highest BCUT2D eigenvalue weighted by atomic mass is 79.9. The smallest absolute Gasteiger partial charge is 0.326 e. The summed E-state index contributed by atoms with van der Waals surface area (Å²) in [5, 5.41) is 2.29. The number of halogens is 4. The minimum Gasteiger partial charge on any atom is -0.326 e. The van der Waals surface area contributed by atoms with Gasteiger partial charge in [0.2, 0.25) is 11.8 Å². The van der Waals surface area contributed by atoms with E-state index in [4.69, 9.17) is 0 Å². The number of alkyl halides is 3. The molecule has 11 heteroatoms. The van der Waals surface area contributed by atoms with Crippen molar-refractivity contribution < 1.29 is 31.2 Å². The molecule has 0 fully saturated rings. The summed E-state index contributed by atoms with van der Waals surface area (Å²) in [5.41, 5.74) is 0.356. The lowest BCUT2D eigenvalue weighted by Gasteiger charge is -2.16. The number of fused-ring (bicyclic) bond motifs is 1. The van der Waals surface area contributed by atoms with E-state index < -0.39 is 39.7 Å². The molecule has 0 aromatic heterocycles. The zero-order valence-electron chi connectivity index (χ0n) is 16.3. The first kappa shape index (κ1) is 23.3. The van der Waals surface area contributed by atoms with Crippen molar-refractivity contribution in [1.29, 1.82) is 0 Å². The Balaban J connectivity index is 1.73. The molecule has 0 unspecified atom stereocenters. The molecule has 1 N–H and O–H groups in total. The summed E-state index contributed by atoms with van der Waals surface area (Å²) in [7, 11) is -3.91. The van der Waals surface area contributed by atoms with Gasteiger partial charge >= 0.3 is 6.18 Å². The van der Waals surface area contributed by atoms with Crippen LogP contribution in [-0.2, 0) is 32.0 Å². The van der Waals surface area contributed by atoms with E-state index in [-0.39, 0.29) is 16.5 Å². The van der Waals surface area contributed by atoms with Crippen molar-refractivity contribution in [2.24, 2.45) is 0 Å². The van der Waals surface area contributed by atoms with E-state index in [9.17, 15) is 31.2 Å². The Hall–Kier alpha value is -2.40. The molecule has 0 saturated carbocycles. The van der Waals surface area contributed by atoms with Crippen LogP contribution in [-0.4, -0.2) is 32.5 Å². The Morgan fingerprint density at radius 2 is 1.90 bits per heavy atom. The molecular weight excluding hydrogens is 501 g/mol. The van der Waals surface area contributed by atoms with E-state index >= 15 is 0 Å². The maximum atomic E-state index is 12.8. The molecule has 31 heavy (non-hydrogen) atoms. The minimum atomic E-state index is -4.56. The zero-order chi connectivity index (χ0) is 23.0. The first-order chi connectivity index (χ1) is 14.4. The number of sulfone groups is 1. The van der Waals surface area contributed by atoms with Gasteiger partial charge in [0.1, 0.15) is 0 Å². The van der Waals surface area contributed by atoms with Crippen molar-refractivity contribution in [2.75, 3.05) is 22.5 Å². The van der Waals surface area contributed by atoms with Crippen molar-refractivity contribution in [3.05, 3.63) is 52.0 Å². The predicted molar refractivity (Wildman–Crippen MR) is 113 cm³/mol. The number of nitrogens with zero attached hydrogens (tertiary/aromatic N) is 1. The van der Waals surface area contributed by atoms with Gasteiger partial charge in [-0.05, 0) is 58.2 Å². The van der Waals surface area contributed by atoms with Crippen LogP contribution in [0.15, 0.2) is 45.8 Å². The maximum absolute atomic E-state index is 12.8. The van der Waals surface area contributed by atoms with E-state index in [1.807, 2.05) is 0 Å². The van der Waals surface area contributed by atoms with Gasteiger partial charge in [-0.15, -0.1) is 0 Å². The lowest BCUT2D eigenvalue weighted by Crippen LogP contribution is -2.26. The van der Waals surface area contributed by atoms with Crippen molar-refractivity contribution >= 4 is 49.0 Å². The van der Waals surface area contributed by atoms with E-state index in [0.29, 0.717) is 23.1 Å². The Labute approximate surface area is 185 Å². The number of amides is 2. The Kier molecular flexibility index (Phi) is 6.47. The molecule has 2 aromatic carbocycles. The van der Waals surface area contributed by atoms with Crippen LogP contribution in [0.3, 0.4) is 0 Å². The number of nitrogens with one attached hydrogen (secondary N) is 1. The van der Waals surface area contributed by atoms with Gasteiger partial charge in [-0.25, -0.2) is 8.42 Å². The molecule has 2 aromatic rings. The number of carbonyl (C=O) groups excluding carboxylic acids is 2. The average molecular weight is 519 g/mol. The van der Waals surface area contributed by atoms with Gasteiger partial charge < -0.3 is 10.2 Å². The minimum absolute atomic E-state index is 0.0498. The summed E-state index contributed by atoms with van der Waals surface area (Å²) >= 11 is 3.24. The molecule has 0 atom stereocenters. The van der Waals surface area contributed by atoms with Gasteiger partial charge in [-0.2, -0.15) is 13.2 Å². The number of carbonyl (C=O) groups is 2. The van der Waals surface area contributed by atoms with Gasteiger partial charge in [-0.1, -0.05) is 6.07 Å². The number of anilines is 2. The second-order valence-corrected chi connectivity index (χ2v) is 9.96. The SMILES string of the molecule is CC(=O)N1CCc2cc(Br)c(S(=O)(=O)CCC(=O)Nc3cccc(C(F)(F)F)c3)cc21. The highest BCUT2D eigenvalue weighted by molar-refractivity contribution is 9.10. The highest BCUT2D eigenvalue weighted by Crippen LogP contribution is 2.36. The molecule has 2 amide bonds. The van der Waals surface area contributed by atoms with Crippen LogP contribution in [0.5, 0.6) is 0 Å². The normalized spacial score (nSPS) is 13.8. The van der Waals surface area contributed by atoms with Crippen molar-refractivity contribution in [3.63, 3.8) is 0 Å². The Morgan fingerprint density at radius 3 is 2.55 bits per heavy atom. The summed E-state index contributed by atoms with van der Waals surface area (Å²) in [6, 6.07) is 7.14. The summed E-state index contributed by atoms with van der Waals surface area (Å²) < 4.78 is 64.3. The van der Waals surface area contributed by atoms with E-state index in [1.165, 1.54) is 24.0 Å². The molecule has 0 spiro atoms. The van der Waals surface area contributed by atoms with Crippen LogP contribution >= 0.6 is 15.9 Å². The molecule has 0 aliphatic carbocycles. The van der Waals surface area contributed by atoms with Gasteiger partial charge in [0.05, 0.1) is 16.2 Å². The second-order valence-electron chi connectivity index (χ2n) is 7.03. The molecule has 0 saturated heterocycles. The maximum Gasteiger partial charge on any atom is 0.416 e. The lowest BCUT2D eigenvalue weighted by atomic mass is 10.2. The predicted octanol–water partition coefficient (Wildman–Crippen LogP) is 4.18. The molecule has 0 bridgehead atoms. The molecule has 6 nitrogen and oxygen atoms in total. The third-order valence-electron chi connectivity index (χ3n) is 4.82. The molecule has 1 aliphatic heterocycles. The average Bonchev–Trinajstić information content (AvgIpc) is 3.08. The Bertz CT molecular complexity index is 1150. The number of hydrogen-bond donors (Lipinski definition) is 1. The van der Waals surface area contributed by atoms with Crippen molar-refractivity contribution in [2.45, 2.75) is 30.8 Å². The molecule has 166 valence electrons. The number of benzene rings is 2. The van der Waals surface area contributed by atoms with Crippen LogP contribution in [0.2, 0.25) is 0 Å². The van der Waals surface area contributed by atoms with Gasteiger partial charge in [0.25, 0.3) is 0 Å². The summed E-state index contributed by atoms with van der Waals surface area (Å²) in [4.78, 5) is 25.4. The number of hydrogen-bond acceptors (Lipinski definition) is 4. The van der Waals surface area contributed by atoms with Gasteiger partial charge in [0.15, 0.2) is 9.84 Å². The quantitative estimate of drug-likeness (QED) is 0.643. The third-order valence-corrected chi connectivity index (χ3v) is 7.48. The first-order valence-electron chi connectivity index (χ1n) is 9.19. The topological polar surface area (TPSA) is 83.6 Å². The van der Waals surface area contributed by atoms with Crippen LogP contribution < -0.4 is 10.2 Å². The fraction of sp³-hybridized carbons (Fsp3) is 0.300. The third kappa shape index (κ3) is 5.27. The summed E-state index contributed by atoms with van der Waals surface area (Å²) in [6.07, 6.45) is -4.40. The molecular formula is C20H18BrF3N2O4S. The van der Waals surface area contributed by atoms with Crippen LogP contribution in [0.25, 0.3) is 0 Å². The molecule has 1 heterocycles. The molecule has 3 rings (SSSR count). The number of rotatable bonds is 5. The van der Waals surface area contributed by atoms with Crippen LogP contribution in [0, 0.1) is 0 Å². The second kappa shape index (κ2) is 8.62. The van der Waals surface area contributed by atoms with E-state index in [0.717, 1.165) is 23.8 Å². The highest BCUT2D eigenvalue weighted by Gasteiger charge is 2.31. The largest absolute Gasteiger partial charge is 0.416 e. The lowest BCUT2D eigenvalue weighted by molar-refractivity contribution is -0.137. The summed E-state index contributed by atoms with van der Waals surface area (Å²) in [5.74, 6) is -1.48. The Morgan fingerprint density at radius 1 is 1.19 bits per heavy atom. The van der Waals surface area contributed by atoms with E-state index in [1.54, 1.807) is 6.07 Å². The molecule has 0 radical (unpaired) electrons. The fourth-order valence-electron chi connectivity index (χ4n) is 3.29. The fourth-order valence-corrected chi connectivity index (χ4v) is 5.74. The van der Waals surface area contributed by atoms with Crippen molar-refractivity contribution in [3.8, 4) is 0 Å². The summed E-state index contributed by atoms with van der Waals surface area (Å²) in [6.45, 7) is 1.85. The monoisotopic (exact) mass is 518 g/mol. The first-order valence-corrected chi connectivity index (χ1v) is 11.6. The zero-order valence-corrected chi connectivity index (χ0v) is 18.7. The van der Waals surface area contributed by atoms with Crippen LogP contribution in [0.4, 0.5) is 24.5 Å². The van der Waals surface area contributed by atoms with Gasteiger partial charge in [0, 0.05) is 35.7 Å².